The van der Waals surface area contributed by atoms with E-state index in [-0.39, 0.29) is 0 Å². The van der Waals surface area contributed by atoms with Gasteiger partial charge in [0, 0.05) is 12.7 Å². The zero-order valence-corrected chi connectivity index (χ0v) is 12.3. The Morgan fingerprint density at radius 3 is 2.48 bits per heavy atom. The lowest BCUT2D eigenvalue weighted by molar-refractivity contribution is 0.240. The zero-order valence-electron chi connectivity index (χ0n) is 11.5. The summed E-state index contributed by atoms with van der Waals surface area (Å²) in [5.74, 6) is 0. The summed E-state index contributed by atoms with van der Waals surface area (Å²) in [6.45, 7) is 0.468. The molecule has 1 amide bonds. The Hall–Kier alpha value is -2.10. The van der Waals surface area contributed by atoms with Gasteiger partial charge >= 0.3 is 5.37 Å². The van der Waals surface area contributed by atoms with Crippen molar-refractivity contribution in [3.8, 4) is 0 Å². The van der Waals surface area contributed by atoms with Crippen molar-refractivity contribution < 1.29 is 9.53 Å². The minimum Gasteiger partial charge on any atom is -0.380 e. The van der Waals surface area contributed by atoms with Crippen LogP contribution >= 0.6 is 11.6 Å². The number of halogens is 1. The second-order valence-corrected chi connectivity index (χ2v) is 5.09. The number of amides is 1. The van der Waals surface area contributed by atoms with E-state index in [1.807, 2.05) is 54.6 Å². The minimum absolute atomic E-state index is 0.468. The fourth-order valence-electron chi connectivity index (χ4n) is 2.61. The van der Waals surface area contributed by atoms with Crippen LogP contribution in [-0.4, -0.2) is 19.1 Å². The molecule has 0 fully saturated rings. The van der Waals surface area contributed by atoms with Crippen molar-refractivity contribution in [2.45, 2.75) is 0 Å². The summed E-state index contributed by atoms with van der Waals surface area (Å²) in [5.41, 5.74) is 4.45. The van der Waals surface area contributed by atoms with Gasteiger partial charge in [0.15, 0.2) is 0 Å². The van der Waals surface area contributed by atoms with Crippen molar-refractivity contribution in [1.29, 1.82) is 0 Å². The number of hydrogen-bond acceptors (Lipinski definition) is 2. The van der Waals surface area contributed by atoms with Gasteiger partial charge in [-0.2, -0.15) is 0 Å². The molecule has 0 bridgehead atoms. The molecule has 2 aromatic rings. The van der Waals surface area contributed by atoms with Crippen LogP contribution in [0, 0.1) is 0 Å². The zero-order chi connectivity index (χ0) is 14.8. The molecule has 0 unspecified atom stereocenters. The number of carbonyl (C=O) groups is 1. The summed E-state index contributed by atoms with van der Waals surface area (Å²) < 4.78 is 5.30. The van der Waals surface area contributed by atoms with Crippen molar-refractivity contribution >= 4 is 40.0 Å². The topological polar surface area (TPSA) is 29.5 Å². The predicted octanol–water partition coefficient (Wildman–Crippen LogP) is 4.68. The Kier molecular flexibility index (Phi) is 3.78. The van der Waals surface area contributed by atoms with Crippen LogP contribution < -0.4 is 4.90 Å². The average molecular weight is 300 g/mol. The monoisotopic (exact) mass is 299 g/mol. The van der Waals surface area contributed by atoms with E-state index in [1.54, 1.807) is 7.11 Å². The lowest BCUT2D eigenvalue weighted by Gasteiger charge is -2.22. The highest BCUT2D eigenvalue weighted by molar-refractivity contribution is 6.67. The van der Waals surface area contributed by atoms with Crippen LogP contribution in [0.15, 0.2) is 48.5 Å². The molecular formula is C17H14ClNO2. The molecule has 0 N–H and O–H groups in total. The smallest absolute Gasteiger partial charge is 0.325 e. The van der Waals surface area contributed by atoms with Crippen molar-refractivity contribution in [3.05, 3.63) is 59.7 Å². The van der Waals surface area contributed by atoms with E-state index in [2.05, 4.69) is 0 Å². The molecule has 3 rings (SSSR count). The Morgan fingerprint density at radius 2 is 1.76 bits per heavy atom. The molecule has 0 spiro atoms. The molecule has 2 aromatic carbocycles. The molecule has 1 aliphatic heterocycles. The number of carbonyl (C=O) groups excluding carboxylic acids is 1. The third kappa shape index (κ3) is 2.46. The van der Waals surface area contributed by atoms with Gasteiger partial charge in [-0.05, 0) is 40.9 Å². The largest absolute Gasteiger partial charge is 0.380 e. The fraction of sp³-hybridized carbons (Fsp3) is 0.118. The molecule has 21 heavy (non-hydrogen) atoms. The summed E-state index contributed by atoms with van der Waals surface area (Å²) in [4.78, 5) is 13.5. The summed E-state index contributed by atoms with van der Waals surface area (Å²) in [7, 11) is 1.66. The molecule has 0 saturated carbocycles. The maximum Gasteiger partial charge on any atom is 0.325 e. The second-order valence-electron chi connectivity index (χ2n) is 4.77. The number of rotatable bonds is 2. The normalized spacial score (nSPS) is 13.0. The number of para-hydroxylation sites is 2. The highest BCUT2D eigenvalue weighted by Gasteiger charge is 2.25. The summed E-state index contributed by atoms with van der Waals surface area (Å²) in [6.07, 6.45) is 2.04. The molecule has 0 atom stereocenters. The molecule has 0 aliphatic carbocycles. The average Bonchev–Trinajstić information content (AvgIpc) is 2.62. The minimum atomic E-state index is -0.526. The van der Waals surface area contributed by atoms with E-state index in [4.69, 9.17) is 16.3 Å². The van der Waals surface area contributed by atoms with Gasteiger partial charge in [0.2, 0.25) is 0 Å². The number of benzene rings is 2. The quantitative estimate of drug-likeness (QED) is 0.595. The van der Waals surface area contributed by atoms with Gasteiger partial charge in [-0.3, -0.25) is 9.69 Å². The van der Waals surface area contributed by atoms with Crippen LogP contribution in [0.3, 0.4) is 0 Å². The second kappa shape index (κ2) is 5.72. The maximum absolute atomic E-state index is 12.0. The van der Waals surface area contributed by atoms with Gasteiger partial charge in [0.1, 0.15) is 0 Å². The Labute approximate surface area is 128 Å². The van der Waals surface area contributed by atoms with Crippen molar-refractivity contribution in [2.24, 2.45) is 0 Å². The van der Waals surface area contributed by atoms with Gasteiger partial charge < -0.3 is 4.74 Å². The molecule has 4 heteroatoms. The SMILES string of the molecule is COCC1=Cc2ccccc2N(C(=O)Cl)c2ccccc21. The van der Waals surface area contributed by atoms with Crippen LogP contribution in [0.2, 0.25) is 0 Å². The molecule has 1 heterocycles. The first-order chi connectivity index (χ1) is 10.2. The Bertz CT molecular complexity index is 724. The summed E-state index contributed by atoms with van der Waals surface area (Å²) >= 11 is 5.84. The highest BCUT2D eigenvalue weighted by atomic mass is 35.5. The molecule has 106 valence electrons. The number of nitrogens with zero attached hydrogens (tertiary/aromatic N) is 1. The molecule has 3 nitrogen and oxygen atoms in total. The van der Waals surface area contributed by atoms with E-state index in [9.17, 15) is 4.79 Å². The molecular weight excluding hydrogens is 286 g/mol. The molecule has 0 aromatic heterocycles. The molecule has 1 aliphatic rings. The van der Waals surface area contributed by atoms with Crippen LogP contribution in [-0.2, 0) is 4.74 Å². The number of fused-ring (bicyclic) bond motifs is 2. The number of anilines is 2. The van der Waals surface area contributed by atoms with E-state index in [1.165, 1.54) is 4.90 Å². The molecule has 0 radical (unpaired) electrons. The Balaban J connectivity index is 2.31. The summed E-state index contributed by atoms with van der Waals surface area (Å²) in [5, 5.41) is -0.526. The van der Waals surface area contributed by atoms with E-state index >= 15 is 0 Å². The van der Waals surface area contributed by atoms with Crippen LogP contribution in [0.4, 0.5) is 16.2 Å². The van der Waals surface area contributed by atoms with Crippen molar-refractivity contribution in [1.82, 2.24) is 0 Å². The predicted molar refractivity (Wildman–Crippen MR) is 86.0 cm³/mol. The van der Waals surface area contributed by atoms with Gasteiger partial charge in [-0.15, -0.1) is 0 Å². The van der Waals surface area contributed by atoms with Gasteiger partial charge in [0.05, 0.1) is 18.0 Å². The van der Waals surface area contributed by atoms with E-state index in [0.717, 1.165) is 28.1 Å². The third-order valence-electron chi connectivity index (χ3n) is 3.47. The third-order valence-corrected chi connectivity index (χ3v) is 3.64. The first kappa shape index (κ1) is 13.9. The lowest BCUT2D eigenvalue weighted by Crippen LogP contribution is -2.20. The fourth-order valence-corrected chi connectivity index (χ4v) is 2.80. The standard InChI is InChI=1S/C17H14ClNO2/c1-21-11-13-10-12-6-2-4-8-15(12)19(17(18)20)16-9-5-3-7-14(13)16/h2-10H,11H2,1H3. The van der Waals surface area contributed by atoms with Gasteiger partial charge in [-0.1, -0.05) is 36.4 Å². The van der Waals surface area contributed by atoms with Gasteiger partial charge in [0.25, 0.3) is 0 Å². The van der Waals surface area contributed by atoms with Crippen LogP contribution in [0.25, 0.3) is 11.6 Å². The van der Waals surface area contributed by atoms with Crippen LogP contribution in [0.5, 0.6) is 0 Å². The Morgan fingerprint density at radius 1 is 1.10 bits per heavy atom. The number of methoxy groups -OCH3 is 1. The lowest BCUT2D eigenvalue weighted by atomic mass is 10.0. The van der Waals surface area contributed by atoms with Crippen molar-refractivity contribution in [2.75, 3.05) is 18.6 Å². The molecule has 0 saturated heterocycles. The van der Waals surface area contributed by atoms with E-state index in [0.29, 0.717) is 6.61 Å². The van der Waals surface area contributed by atoms with Crippen molar-refractivity contribution in [3.63, 3.8) is 0 Å². The summed E-state index contributed by atoms with van der Waals surface area (Å²) in [6, 6.07) is 15.4. The number of hydrogen-bond donors (Lipinski definition) is 0. The van der Waals surface area contributed by atoms with E-state index < -0.39 is 5.37 Å². The maximum atomic E-state index is 12.0. The van der Waals surface area contributed by atoms with Crippen LogP contribution in [0.1, 0.15) is 11.1 Å². The first-order valence-electron chi connectivity index (χ1n) is 6.60. The first-order valence-corrected chi connectivity index (χ1v) is 6.97. The highest BCUT2D eigenvalue weighted by Crippen LogP contribution is 2.40. The number of ether oxygens (including phenoxy) is 1. The van der Waals surface area contributed by atoms with Gasteiger partial charge in [-0.25, -0.2) is 0 Å².